The number of hydrogen-bond acceptors (Lipinski definition) is 2. The molecule has 128 valence electrons. The molecule has 0 atom stereocenters. The normalized spacial score (nSPS) is 11.0. The van der Waals surface area contributed by atoms with E-state index in [1.165, 1.54) is 12.1 Å². The molecule has 0 aromatic heterocycles. The van der Waals surface area contributed by atoms with Crippen molar-refractivity contribution < 1.29 is 9.13 Å². The summed E-state index contributed by atoms with van der Waals surface area (Å²) in [5, 5.41) is 10.1. The van der Waals surface area contributed by atoms with E-state index in [1.807, 2.05) is 24.3 Å². The molecule has 3 aromatic carbocycles. The van der Waals surface area contributed by atoms with E-state index < -0.39 is 0 Å². The second-order valence-corrected chi connectivity index (χ2v) is 6.07. The van der Waals surface area contributed by atoms with Crippen LogP contribution in [0.3, 0.4) is 0 Å². The Bertz CT molecular complexity index is 957. The predicted molar refractivity (Wildman–Crippen MR) is 102 cm³/mol. The molecule has 0 N–H and O–H groups in total. The quantitative estimate of drug-likeness (QED) is 0.404. The summed E-state index contributed by atoms with van der Waals surface area (Å²) < 4.78 is 18.9. The average molecular weight is 364 g/mol. The molecule has 0 radical (unpaired) electrons. The van der Waals surface area contributed by atoms with E-state index in [1.54, 1.807) is 42.5 Å². The van der Waals surface area contributed by atoms with Crippen LogP contribution in [0.25, 0.3) is 11.6 Å². The first-order valence-corrected chi connectivity index (χ1v) is 8.37. The van der Waals surface area contributed by atoms with Gasteiger partial charge in [0.2, 0.25) is 0 Å². The third kappa shape index (κ3) is 4.50. The molecule has 0 bridgehead atoms. The Morgan fingerprint density at radius 2 is 1.69 bits per heavy atom. The highest BCUT2D eigenvalue weighted by atomic mass is 35.5. The Kier molecular flexibility index (Phi) is 5.68. The van der Waals surface area contributed by atoms with Crippen molar-refractivity contribution in [3.63, 3.8) is 0 Å². The molecule has 4 heteroatoms. The van der Waals surface area contributed by atoms with Gasteiger partial charge in [-0.05, 0) is 47.5 Å². The minimum absolute atomic E-state index is 0.279. The van der Waals surface area contributed by atoms with Crippen molar-refractivity contribution in [2.24, 2.45) is 0 Å². The molecule has 26 heavy (non-hydrogen) atoms. The van der Waals surface area contributed by atoms with Crippen LogP contribution in [0.2, 0.25) is 5.02 Å². The zero-order valence-electron chi connectivity index (χ0n) is 13.8. The van der Waals surface area contributed by atoms with Gasteiger partial charge in [0.1, 0.15) is 18.2 Å². The van der Waals surface area contributed by atoms with Crippen LogP contribution in [-0.2, 0) is 6.61 Å². The maximum absolute atomic E-state index is 13.0. The summed E-state index contributed by atoms with van der Waals surface area (Å²) in [5.41, 5.74) is 2.95. The van der Waals surface area contributed by atoms with Crippen molar-refractivity contribution in [2.75, 3.05) is 0 Å². The van der Waals surface area contributed by atoms with Crippen molar-refractivity contribution in [3.8, 4) is 11.8 Å². The standard InChI is InChI=1S/C22H15ClFNO/c23-20-9-7-17(8-10-20)19(14-25)13-18-3-1-2-4-22(18)26-15-16-5-11-21(24)12-6-16/h1-13H,15H2/b19-13+. The monoisotopic (exact) mass is 363 g/mol. The first kappa shape index (κ1) is 17.7. The average Bonchev–Trinajstić information content (AvgIpc) is 2.67. The zero-order valence-corrected chi connectivity index (χ0v) is 14.6. The fraction of sp³-hybridized carbons (Fsp3) is 0.0455. The number of allylic oxidation sites excluding steroid dienone is 1. The minimum atomic E-state index is -0.279. The molecule has 0 saturated carbocycles. The van der Waals surface area contributed by atoms with E-state index in [9.17, 15) is 9.65 Å². The van der Waals surface area contributed by atoms with Gasteiger partial charge in [0, 0.05) is 10.6 Å². The predicted octanol–water partition coefficient (Wildman–Crippen LogP) is 6.12. The number of ether oxygens (including phenoxy) is 1. The van der Waals surface area contributed by atoms with E-state index in [4.69, 9.17) is 16.3 Å². The van der Waals surface area contributed by atoms with Gasteiger partial charge >= 0.3 is 0 Å². The van der Waals surface area contributed by atoms with Gasteiger partial charge in [-0.3, -0.25) is 0 Å². The highest BCUT2D eigenvalue weighted by Gasteiger charge is 2.06. The molecule has 0 saturated heterocycles. The van der Waals surface area contributed by atoms with Crippen molar-refractivity contribution in [2.45, 2.75) is 6.61 Å². The van der Waals surface area contributed by atoms with Crippen LogP contribution in [-0.4, -0.2) is 0 Å². The lowest BCUT2D eigenvalue weighted by molar-refractivity contribution is 0.305. The van der Waals surface area contributed by atoms with Crippen LogP contribution in [0.1, 0.15) is 16.7 Å². The summed E-state index contributed by atoms with van der Waals surface area (Å²) >= 11 is 5.91. The van der Waals surface area contributed by atoms with Gasteiger partial charge in [-0.25, -0.2) is 4.39 Å². The number of rotatable bonds is 5. The SMILES string of the molecule is N#C/C(=C\c1ccccc1OCc1ccc(F)cc1)c1ccc(Cl)cc1. The zero-order chi connectivity index (χ0) is 18.4. The summed E-state index contributed by atoms with van der Waals surface area (Å²) in [4.78, 5) is 0. The van der Waals surface area contributed by atoms with Crippen LogP contribution in [0, 0.1) is 17.1 Å². The van der Waals surface area contributed by atoms with Gasteiger partial charge in [0.15, 0.2) is 0 Å². The van der Waals surface area contributed by atoms with Crippen LogP contribution >= 0.6 is 11.6 Å². The summed E-state index contributed by atoms with van der Waals surface area (Å²) in [7, 11) is 0. The van der Waals surface area contributed by atoms with Crippen LogP contribution < -0.4 is 4.74 Å². The van der Waals surface area contributed by atoms with Gasteiger partial charge in [0.25, 0.3) is 0 Å². The first-order chi connectivity index (χ1) is 12.7. The molecule has 2 nitrogen and oxygen atoms in total. The topological polar surface area (TPSA) is 33.0 Å². The van der Waals surface area contributed by atoms with Gasteiger partial charge < -0.3 is 4.74 Å². The van der Waals surface area contributed by atoms with E-state index >= 15 is 0 Å². The fourth-order valence-corrected chi connectivity index (χ4v) is 2.56. The van der Waals surface area contributed by atoms with Crippen molar-refractivity contribution in [1.82, 2.24) is 0 Å². The van der Waals surface area contributed by atoms with Crippen LogP contribution in [0.5, 0.6) is 5.75 Å². The Morgan fingerprint density at radius 3 is 2.38 bits per heavy atom. The van der Waals surface area contributed by atoms with Gasteiger partial charge in [0.05, 0.1) is 11.6 Å². The van der Waals surface area contributed by atoms with E-state index in [0.717, 1.165) is 16.7 Å². The molecule has 3 rings (SSSR count). The largest absolute Gasteiger partial charge is 0.488 e. The molecule has 0 aliphatic carbocycles. The van der Waals surface area contributed by atoms with Crippen molar-refractivity contribution in [1.29, 1.82) is 5.26 Å². The van der Waals surface area contributed by atoms with Crippen LogP contribution in [0.15, 0.2) is 72.8 Å². The van der Waals surface area contributed by atoms with E-state index in [-0.39, 0.29) is 5.82 Å². The molecule has 0 spiro atoms. The number of nitriles is 1. The summed E-state index contributed by atoms with van der Waals surface area (Å²) in [6.07, 6.45) is 1.78. The van der Waals surface area contributed by atoms with Crippen LogP contribution in [0.4, 0.5) is 4.39 Å². The molecular formula is C22H15ClFNO. The third-order valence-electron chi connectivity index (χ3n) is 3.80. The summed E-state index contributed by atoms with van der Waals surface area (Å²) in [6.45, 7) is 0.313. The number of benzene rings is 3. The van der Waals surface area contributed by atoms with E-state index in [2.05, 4.69) is 6.07 Å². The summed E-state index contributed by atoms with van der Waals surface area (Å²) in [6, 6.07) is 23.0. The lowest BCUT2D eigenvalue weighted by Crippen LogP contribution is -1.97. The van der Waals surface area contributed by atoms with E-state index in [0.29, 0.717) is 23.0 Å². The van der Waals surface area contributed by atoms with Crippen molar-refractivity contribution in [3.05, 3.63) is 100 Å². The first-order valence-electron chi connectivity index (χ1n) is 8.00. The maximum atomic E-state index is 13.0. The highest BCUT2D eigenvalue weighted by molar-refractivity contribution is 6.30. The lowest BCUT2D eigenvalue weighted by atomic mass is 10.0. The molecule has 0 aliphatic rings. The molecule has 0 heterocycles. The van der Waals surface area contributed by atoms with Gasteiger partial charge in [-0.15, -0.1) is 0 Å². The lowest BCUT2D eigenvalue weighted by Gasteiger charge is -2.10. The Labute approximate surface area is 156 Å². The maximum Gasteiger partial charge on any atom is 0.127 e. The molecule has 0 aliphatic heterocycles. The smallest absolute Gasteiger partial charge is 0.127 e. The minimum Gasteiger partial charge on any atom is -0.488 e. The molecule has 3 aromatic rings. The van der Waals surface area contributed by atoms with Gasteiger partial charge in [-0.1, -0.05) is 54.1 Å². The van der Waals surface area contributed by atoms with Gasteiger partial charge in [-0.2, -0.15) is 5.26 Å². The molecule has 0 fully saturated rings. The van der Waals surface area contributed by atoms with Crippen molar-refractivity contribution >= 4 is 23.3 Å². The third-order valence-corrected chi connectivity index (χ3v) is 4.05. The Hall–Kier alpha value is -3.09. The highest BCUT2D eigenvalue weighted by Crippen LogP contribution is 2.26. The molecular weight excluding hydrogens is 349 g/mol. The second kappa shape index (κ2) is 8.33. The fourth-order valence-electron chi connectivity index (χ4n) is 2.44. The summed E-state index contributed by atoms with van der Waals surface area (Å²) in [5.74, 6) is 0.372. The number of hydrogen-bond donors (Lipinski definition) is 0. The molecule has 0 amide bonds. The second-order valence-electron chi connectivity index (χ2n) is 5.63. The number of nitrogens with zero attached hydrogens (tertiary/aromatic N) is 1. The molecule has 0 unspecified atom stereocenters. The number of para-hydroxylation sites is 1. The Morgan fingerprint density at radius 1 is 1.00 bits per heavy atom. The Balaban J connectivity index is 1.84. The number of halogens is 2.